The van der Waals surface area contributed by atoms with Crippen LogP contribution in [-0.2, 0) is 0 Å². The van der Waals surface area contributed by atoms with Gasteiger partial charge < -0.3 is 15.4 Å². The highest BCUT2D eigenvalue weighted by atomic mass is 16.5. The van der Waals surface area contributed by atoms with Crippen LogP contribution in [0.4, 0.5) is 11.9 Å². The van der Waals surface area contributed by atoms with E-state index < -0.39 is 0 Å². The SMILES string of the molecule is CCCNc1nc(NC(C)(C)CCC)nc(OCC)n1. The molecule has 0 aliphatic rings. The zero-order valence-electron chi connectivity index (χ0n) is 13.3. The second kappa shape index (κ2) is 7.87. The quantitative estimate of drug-likeness (QED) is 0.724. The van der Waals surface area contributed by atoms with E-state index in [1.165, 1.54) is 0 Å². The van der Waals surface area contributed by atoms with Crippen molar-refractivity contribution >= 4 is 11.9 Å². The molecular formula is C14H27N5O. The predicted molar refractivity (Wildman–Crippen MR) is 82.4 cm³/mol. The normalized spacial score (nSPS) is 11.2. The number of rotatable bonds is 9. The van der Waals surface area contributed by atoms with Gasteiger partial charge in [0.15, 0.2) is 0 Å². The van der Waals surface area contributed by atoms with Gasteiger partial charge in [0.1, 0.15) is 0 Å². The predicted octanol–water partition coefficient (Wildman–Crippen LogP) is 3.08. The van der Waals surface area contributed by atoms with Crippen molar-refractivity contribution in [3.63, 3.8) is 0 Å². The lowest BCUT2D eigenvalue weighted by Gasteiger charge is -2.25. The van der Waals surface area contributed by atoms with Crippen LogP contribution in [0.25, 0.3) is 0 Å². The molecule has 0 fully saturated rings. The highest BCUT2D eigenvalue weighted by Crippen LogP contribution is 2.19. The molecule has 0 spiro atoms. The second-order valence-electron chi connectivity index (χ2n) is 5.38. The lowest BCUT2D eigenvalue weighted by Crippen LogP contribution is -2.31. The Labute approximate surface area is 121 Å². The topological polar surface area (TPSA) is 72.0 Å². The van der Waals surface area contributed by atoms with E-state index in [0.29, 0.717) is 24.5 Å². The van der Waals surface area contributed by atoms with Crippen molar-refractivity contribution in [1.29, 1.82) is 0 Å². The highest BCUT2D eigenvalue weighted by Gasteiger charge is 2.18. The van der Waals surface area contributed by atoms with Crippen LogP contribution in [-0.4, -0.2) is 33.6 Å². The average molecular weight is 281 g/mol. The Balaban J connectivity index is 2.89. The summed E-state index contributed by atoms with van der Waals surface area (Å²) in [5.74, 6) is 1.11. The maximum Gasteiger partial charge on any atom is 0.323 e. The summed E-state index contributed by atoms with van der Waals surface area (Å²) in [4.78, 5) is 12.9. The van der Waals surface area contributed by atoms with Gasteiger partial charge in [0, 0.05) is 12.1 Å². The molecule has 0 amide bonds. The van der Waals surface area contributed by atoms with E-state index in [1.807, 2.05) is 6.92 Å². The second-order valence-corrected chi connectivity index (χ2v) is 5.38. The molecule has 20 heavy (non-hydrogen) atoms. The molecular weight excluding hydrogens is 254 g/mol. The Kier molecular flexibility index (Phi) is 6.48. The monoisotopic (exact) mass is 281 g/mol. The first-order valence-electron chi connectivity index (χ1n) is 7.41. The van der Waals surface area contributed by atoms with Crippen LogP contribution >= 0.6 is 0 Å². The fourth-order valence-electron chi connectivity index (χ4n) is 1.91. The Morgan fingerprint density at radius 3 is 2.30 bits per heavy atom. The Hall–Kier alpha value is -1.59. The van der Waals surface area contributed by atoms with Gasteiger partial charge in [0.05, 0.1) is 6.61 Å². The van der Waals surface area contributed by atoms with E-state index in [-0.39, 0.29) is 5.54 Å². The largest absolute Gasteiger partial charge is 0.464 e. The van der Waals surface area contributed by atoms with Gasteiger partial charge in [-0.05, 0) is 33.6 Å². The third kappa shape index (κ3) is 5.59. The lowest BCUT2D eigenvalue weighted by atomic mass is 9.99. The van der Waals surface area contributed by atoms with Gasteiger partial charge in [0.2, 0.25) is 11.9 Å². The fraction of sp³-hybridized carbons (Fsp3) is 0.786. The molecule has 1 rings (SSSR count). The van der Waals surface area contributed by atoms with Crippen molar-refractivity contribution in [3.8, 4) is 6.01 Å². The number of aromatic nitrogens is 3. The highest BCUT2D eigenvalue weighted by molar-refractivity contribution is 5.37. The summed E-state index contributed by atoms with van der Waals surface area (Å²) in [5.41, 5.74) is -0.0540. The van der Waals surface area contributed by atoms with Crippen LogP contribution in [0.3, 0.4) is 0 Å². The van der Waals surface area contributed by atoms with Gasteiger partial charge in [-0.3, -0.25) is 0 Å². The Bertz CT molecular complexity index is 409. The van der Waals surface area contributed by atoms with E-state index in [2.05, 4.69) is 53.3 Å². The number of hydrogen-bond acceptors (Lipinski definition) is 6. The molecule has 0 atom stereocenters. The van der Waals surface area contributed by atoms with E-state index in [1.54, 1.807) is 0 Å². The molecule has 0 aliphatic heterocycles. The van der Waals surface area contributed by atoms with E-state index in [0.717, 1.165) is 25.8 Å². The summed E-state index contributed by atoms with van der Waals surface area (Å²) in [5, 5.41) is 6.52. The van der Waals surface area contributed by atoms with Crippen LogP contribution in [0.2, 0.25) is 0 Å². The summed E-state index contributed by atoms with van der Waals surface area (Å²) < 4.78 is 5.40. The maximum atomic E-state index is 5.40. The fourth-order valence-corrected chi connectivity index (χ4v) is 1.91. The summed E-state index contributed by atoms with van der Waals surface area (Å²) in [6, 6.07) is 0.357. The lowest BCUT2D eigenvalue weighted by molar-refractivity contribution is 0.312. The van der Waals surface area contributed by atoms with E-state index >= 15 is 0 Å². The minimum atomic E-state index is -0.0540. The third-order valence-electron chi connectivity index (χ3n) is 2.75. The van der Waals surface area contributed by atoms with Gasteiger partial charge in [-0.2, -0.15) is 15.0 Å². The van der Waals surface area contributed by atoms with Crippen molar-refractivity contribution in [2.45, 2.75) is 59.4 Å². The molecule has 114 valence electrons. The molecule has 2 N–H and O–H groups in total. The smallest absolute Gasteiger partial charge is 0.323 e. The standard InChI is InChI=1S/C14H27N5O/c1-6-9-14(4,5)19-12-16-11(15-10-7-2)17-13(18-12)20-8-3/h6-10H2,1-5H3,(H2,15,16,17,18,19). The summed E-state index contributed by atoms with van der Waals surface area (Å²) >= 11 is 0. The third-order valence-corrected chi connectivity index (χ3v) is 2.75. The van der Waals surface area contributed by atoms with Gasteiger partial charge in [-0.15, -0.1) is 0 Å². The summed E-state index contributed by atoms with van der Waals surface area (Å²) in [6.45, 7) is 11.8. The molecule has 0 aromatic carbocycles. The zero-order chi connectivity index (χ0) is 15.0. The maximum absolute atomic E-state index is 5.40. The number of nitrogens with zero attached hydrogens (tertiary/aromatic N) is 3. The van der Waals surface area contributed by atoms with Crippen molar-refractivity contribution in [2.24, 2.45) is 0 Å². The van der Waals surface area contributed by atoms with Crippen LogP contribution in [0.5, 0.6) is 6.01 Å². The molecule has 6 nitrogen and oxygen atoms in total. The van der Waals surface area contributed by atoms with Gasteiger partial charge in [-0.25, -0.2) is 0 Å². The van der Waals surface area contributed by atoms with Gasteiger partial charge >= 0.3 is 6.01 Å². The first-order valence-corrected chi connectivity index (χ1v) is 7.41. The Morgan fingerprint density at radius 1 is 1.00 bits per heavy atom. The van der Waals surface area contributed by atoms with Crippen LogP contribution < -0.4 is 15.4 Å². The van der Waals surface area contributed by atoms with Crippen molar-refractivity contribution < 1.29 is 4.74 Å². The zero-order valence-corrected chi connectivity index (χ0v) is 13.3. The number of ether oxygens (including phenoxy) is 1. The molecule has 0 saturated heterocycles. The van der Waals surface area contributed by atoms with Crippen LogP contribution in [0.1, 0.15) is 53.9 Å². The molecule has 0 bridgehead atoms. The van der Waals surface area contributed by atoms with Crippen molar-refractivity contribution in [1.82, 2.24) is 15.0 Å². The minimum absolute atomic E-state index is 0.0540. The average Bonchev–Trinajstić information content (AvgIpc) is 2.35. The molecule has 0 saturated carbocycles. The van der Waals surface area contributed by atoms with Gasteiger partial charge in [-0.1, -0.05) is 20.3 Å². The molecule has 0 radical (unpaired) electrons. The van der Waals surface area contributed by atoms with Crippen LogP contribution in [0, 0.1) is 0 Å². The molecule has 1 aromatic rings. The molecule has 0 aliphatic carbocycles. The first kappa shape index (κ1) is 16.5. The Morgan fingerprint density at radius 2 is 1.70 bits per heavy atom. The first-order chi connectivity index (χ1) is 9.50. The number of nitrogens with one attached hydrogen (secondary N) is 2. The molecule has 1 heterocycles. The van der Waals surface area contributed by atoms with Crippen LogP contribution in [0.15, 0.2) is 0 Å². The van der Waals surface area contributed by atoms with E-state index in [4.69, 9.17) is 4.74 Å². The molecule has 6 heteroatoms. The summed E-state index contributed by atoms with van der Waals surface area (Å²) in [6.07, 6.45) is 3.16. The minimum Gasteiger partial charge on any atom is -0.464 e. The number of anilines is 2. The van der Waals surface area contributed by atoms with E-state index in [9.17, 15) is 0 Å². The molecule has 1 aromatic heterocycles. The number of hydrogen-bond donors (Lipinski definition) is 2. The van der Waals surface area contributed by atoms with Crippen molar-refractivity contribution in [3.05, 3.63) is 0 Å². The summed E-state index contributed by atoms with van der Waals surface area (Å²) in [7, 11) is 0. The van der Waals surface area contributed by atoms with Crippen molar-refractivity contribution in [2.75, 3.05) is 23.8 Å². The molecule has 0 unspecified atom stereocenters. The van der Waals surface area contributed by atoms with Gasteiger partial charge in [0.25, 0.3) is 0 Å².